The maximum atomic E-state index is 13.5. The van der Waals surface area contributed by atoms with E-state index in [4.69, 9.17) is 4.74 Å². The zero-order valence-corrected chi connectivity index (χ0v) is 17.9. The maximum Gasteiger partial charge on any atom is 0.358 e. The van der Waals surface area contributed by atoms with Crippen LogP contribution in [0.25, 0.3) is 0 Å². The molecule has 0 aliphatic carbocycles. The molecule has 3 aromatic rings. The number of ketones is 1. The Bertz CT molecular complexity index is 874. The lowest BCUT2D eigenvalue weighted by atomic mass is 10.1. The third-order valence-electron chi connectivity index (χ3n) is 5.46. The standard InChI is InChI=1S/C25H26O3P/c1-4-28-24(27)25(3,20(2)26)29(21-14-8-5-9-15-21,22-16-10-6-11-17-22)23-18-12-7-13-19-23/h5-19H,4H2,1-3H3/q+1. The highest BCUT2D eigenvalue weighted by molar-refractivity contribution is 7.98. The molecule has 1 atom stereocenters. The van der Waals surface area contributed by atoms with E-state index in [1.165, 1.54) is 6.92 Å². The Morgan fingerprint density at radius 2 is 1.10 bits per heavy atom. The van der Waals surface area contributed by atoms with Crippen molar-refractivity contribution in [1.29, 1.82) is 0 Å². The van der Waals surface area contributed by atoms with Crippen LogP contribution in [0, 0.1) is 0 Å². The lowest BCUT2D eigenvalue weighted by molar-refractivity contribution is -0.148. The Morgan fingerprint density at radius 1 is 0.759 bits per heavy atom. The van der Waals surface area contributed by atoms with Crippen LogP contribution in [-0.2, 0) is 14.3 Å². The predicted octanol–water partition coefficient (Wildman–Crippen LogP) is 3.89. The molecule has 0 amide bonds. The van der Waals surface area contributed by atoms with Gasteiger partial charge in [0.2, 0.25) is 5.16 Å². The second-order valence-corrected chi connectivity index (χ2v) is 10.8. The second kappa shape index (κ2) is 8.71. The molecule has 1 unspecified atom stereocenters. The van der Waals surface area contributed by atoms with E-state index >= 15 is 0 Å². The summed E-state index contributed by atoms with van der Waals surface area (Å²) < 4.78 is 5.51. The van der Waals surface area contributed by atoms with E-state index in [1.54, 1.807) is 13.8 Å². The zero-order valence-electron chi connectivity index (χ0n) is 17.0. The van der Waals surface area contributed by atoms with Gasteiger partial charge in [0.1, 0.15) is 23.2 Å². The van der Waals surface area contributed by atoms with Crippen molar-refractivity contribution in [3.05, 3.63) is 91.0 Å². The van der Waals surface area contributed by atoms with Crippen molar-refractivity contribution in [1.82, 2.24) is 0 Å². The Balaban J connectivity index is 2.52. The summed E-state index contributed by atoms with van der Waals surface area (Å²) in [7, 11) is -2.74. The second-order valence-electron chi connectivity index (χ2n) is 7.03. The van der Waals surface area contributed by atoms with Gasteiger partial charge in [0.05, 0.1) is 6.61 Å². The minimum Gasteiger partial charge on any atom is -0.462 e. The van der Waals surface area contributed by atoms with Crippen molar-refractivity contribution < 1.29 is 14.3 Å². The maximum absolute atomic E-state index is 13.5. The fourth-order valence-electron chi connectivity index (χ4n) is 3.97. The largest absolute Gasteiger partial charge is 0.462 e. The highest BCUT2D eigenvalue weighted by Crippen LogP contribution is 2.66. The third-order valence-corrected chi connectivity index (χ3v) is 10.5. The molecule has 0 fully saturated rings. The number of hydrogen-bond donors (Lipinski definition) is 0. The molecule has 0 N–H and O–H groups in total. The molecule has 0 saturated heterocycles. The summed E-state index contributed by atoms with van der Waals surface area (Å²) in [6.45, 7) is 5.25. The van der Waals surface area contributed by atoms with Gasteiger partial charge >= 0.3 is 5.97 Å². The van der Waals surface area contributed by atoms with Gasteiger partial charge in [0.15, 0.2) is 5.78 Å². The molecular weight excluding hydrogens is 379 g/mol. The quantitative estimate of drug-likeness (QED) is 0.340. The molecule has 0 aliphatic rings. The van der Waals surface area contributed by atoms with Gasteiger partial charge in [-0.05, 0) is 57.2 Å². The molecule has 0 bridgehead atoms. The van der Waals surface area contributed by atoms with Gasteiger partial charge in [0.25, 0.3) is 0 Å². The minimum atomic E-state index is -2.74. The summed E-state index contributed by atoms with van der Waals surface area (Å²) in [6.07, 6.45) is 0. The number of rotatable bonds is 7. The Labute approximate surface area is 173 Å². The van der Waals surface area contributed by atoms with Gasteiger partial charge < -0.3 is 4.74 Å². The van der Waals surface area contributed by atoms with Crippen LogP contribution < -0.4 is 15.9 Å². The first kappa shape index (κ1) is 21.0. The topological polar surface area (TPSA) is 43.4 Å². The number of hydrogen-bond acceptors (Lipinski definition) is 3. The fourth-order valence-corrected chi connectivity index (χ4v) is 9.08. The van der Waals surface area contributed by atoms with E-state index in [0.29, 0.717) is 0 Å². The van der Waals surface area contributed by atoms with Crippen LogP contribution in [0.1, 0.15) is 20.8 Å². The van der Waals surface area contributed by atoms with Crippen LogP contribution in [0.3, 0.4) is 0 Å². The zero-order chi connectivity index (χ0) is 20.9. The third kappa shape index (κ3) is 3.41. The molecule has 3 aromatic carbocycles. The van der Waals surface area contributed by atoms with Crippen molar-refractivity contribution in [3.8, 4) is 0 Å². The SMILES string of the molecule is CCOC(=O)C(C)(C(C)=O)[P+](c1ccccc1)(c1ccccc1)c1ccccc1. The molecule has 0 aliphatic heterocycles. The highest BCUT2D eigenvalue weighted by atomic mass is 31.2. The molecule has 148 valence electrons. The Hall–Kier alpha value is -2.77. The average molecular weight is 405 g/mol. The number of ether oxygens (including phenoxy) is 1. The summed E-state index contributed by atoms with van der Waals surface area (Å²) in [5.74, 6) is -0.668. The van der Waals surface area contributed by atoms with E-state index in [2.05, 4.69) is 0 Å². The molecule has 29 heavy (non-hydrogen) atoms. The van der Waals surface area contributed by atoms with Crippen LogP contribution >= 0.6 is 7.26 Å². The molecule has 4 heteroatoms. The van der Waals surface area contributed by atoms with Gasteiger partial charge in [-0.2, -0.15) is 0 Å². The lowest BCUT2D eigenvalue weighted by Crippen LogP contribution is -2.55. The highest BCUT2D eigenvalue weighted by Gasteiger charge is 2.68. The van der Waals surface area contributed by atoms with Crippen LogP contribution in [-0.4, -0.2) is 23.5 Å². The predicted molar refractivity (Wildman–Crippen MR) is 121 cm³/mol. The Morgan fingerprint density at radius 3 is 1.38 bits per heavy atom. The van der Waals surface area contributed by atoms with E-state index in [9.17, 15) is 9.59 Å². The number of carbonyl (C=O) groups is 2. The van der Waals surface area contributed by atoms with Gasteiger partial charge in [-0.25, -0.2) is 4.79 Å². The van der Waals surface area contributed by atoms with E-state index < -0.39 is 18.4 Å². The fraction of sp³-hybridized carbons (Fsp3) is 0.200. The molecule has 0 saturated carbocycles. The van der Waals surface area contributed by atoms with Gasteiger partial charge in [-0.15, -0.1) is 0 Å². The van der Waals surface area contributed by atoms with Crippen molar-refractivity contribution in [2.75, 3.05) is 6.61 Å². The van der Waals surface area contributed by atoms with Crippen LogP contribution in [0.15, 0.2) is 91.0 Å². The van der Waals surface area contributed by atoms with Crippen LogP contribution in [0.5, 0.6) is 0 Å². The molecule has 0 spiro atoms. The van der Waals surface area contributed by atoms with Gasteiger partial charge in [-0.3, -0.25) is 4.79 Å². The van der Waals surface area contributed by atoms with Crippen molar-refractivity contribution in [2.24, 2.45) is 0 Å². The first-order valence-electron chi connectivity index (χ1n) is 9.73. The Kier molecular flexibility index (Phi) is 6.30. The van der Waals surface area contributed by atoms with Crippen molar-refractivity contribution >= 4 is 34.9 Å². The van der Waals surface area contributed by atoms with Crippen LogP contribution in [0.2, 0.25) is 0 Å². The van der Waals surface area contributed by atoms with E-state index in [1.807, 2.05) is 91.0 Å². The number of esters is 1. The molecule has 0 heterocycles. The summed E-state index contributed by atoms with van der Waals surface area (Å²) in [5.41, 5.74) is 0. The average Bonchev–Trinajstić information content (AvgIpc) is 2.76. The minimum absolute atomic E-state index is 0.194. The van der Waals surface area contributed by atoms with Gasteiger partial charge in [-0.1, -0.05) is 54.6 Å². The summed E-state index contributed by atoms with van der Waals surface area (Å²) in [5, 5.41) is 1.57. The normalized spacial score (nSPS) is 13.3. The number of carbonyl (C=O) groups excluding carboxylic acids is 2. The molecular formula is C25H26O3P+. The van der Waals surface area contributed by atoms with Crippen molar-refractivity contribution in [3.63, 3.8) is 0 Å². The van der Waals surface area contributed by atoms with E-state index in [0.717, 1.165) is 15.9 Å². The summed E-state index contributed by atoms with van der Waals surface area (Å²) in [6, 6.07) is 29.7. The first-order chi connectivity index (χ1) is 14.0. The monoisotopic (exact) mass is 405 g/mol. The van der Waals surface area contributed by atoms with Gasteiger partial charge in [0, 0.05) is 0 Å². The molecule has 0 radical (unpaired) electrons. The van der Waals surface area contributed by atoms with Crippen LogP contribution in [0.4, 0.5) is 0 Å². The van der Waals surface area contributed by atoms with E-state index in [-0.39, 0.29) is 12.4 Å². The summed E-state index contributed by atoms with van der Waals surface area (Å²) >= 11 is 0. The molecule has 3 rings (SSSR count). The molecule has 3 nitrogen and oxygen atoms in total. The lowest BCUT2D eigenvalue weighted by Gasteiger charge is -2.39. The van der Waals surface area contributed by atoms with Crippen molar-refractivity contribution in [2.45, 2.75) is 25.9 Å². The first-order valence-corrected chi connectivity index (χ1v) is 11.5. The smallest absolute Gasteiger partial charge is 0.358 e. The number of benzene rings is 3. The summed E-state index contributed by atoms with van der Waals surface area (Å²) in [4.78, 5) is 26.7. The number of Topliss-reactive ketones (excluding diaryl/α,β-unsaturated/α-hetero) is 1. The molecule has 0 aromatic heterocycles.